The number of hydrogen-bond acceptors (Lipinski definition) is 2. The summed E-state index contributed by atoms with van der Waals surface area (Å²) in [5, 5.41) is 0. The average Bonchev–Trinajstić information content (AvgIpc) is 2.69. The normalized spacial score (nSPS) is 18.9. The number of hydrogen-bond donors (Lipinski definition) is 1. The Morgan fingerprint density at radius 3 is 2.74 bits per heavy atom. The average molecular weight is 272 g/mol. The van der Waals surface area contributed by atoms with Gasteiger partial charge in [-0.2, -0.15) is 13.2 Å². The Labute approximate surface area is 111 Å². The monoisotopic (exact) mass is 272 g/mol. The lowest BCUT2D eigenvalue weighted by atomic mass is 10.1. The molecule has 106 valence electrons. The zero-order valence-corrected chi connectivity index (χ0v) is 11.0. The number of benzene rings is 1. The Hall–Kier alpha value is -1.23. The molecule has 1 aromatic rings. The number of fused-ring (bicyclic) bond motifs is 1. The molecule has 5 heteroatoms. The van der Waals surface area contributed by atoms with Gasteiger partial charge in [-0.3, -0.25) is 4.90 Å². The van der Waals surface area contributed by atoms with Crippen molar-refractivity contribution in [2.45, 2.75) is 38.4 Å². The highest BCUT2D eigenvalue weighted by atomic mass is 19.4. The molecule has 1 aliphatic carbocycles. The fourth-order valence-corrected chi connectivity index (χ4v) is 2.86. The molecule has 19 heavy (non-hydrogen) atoms. The van der Waals surface area contributed by atoms with Gasteiger partial charge in [0.05, 0.1) is 6.54 Å². The van der Waals surface area contributed by atoms with Gasteiger partial charge in [0.1, 0.15) is 0 Å². The maximum atomic E-state index is 12.7. The van der Waals surface area contributed by atoms with E-state index in [4.69, 9.17) is 5.73 Å². The van der Waals surface area contributed by atoms with Crippen molar-refractivity contribution < 1.29 is 13.2 Å². The lowest BCUT2D eigenvalue weighted by Gasteiger charge is -2.30. The minimum atomic E-state index is -4.15. The van der Waals surface area contributed by atoms with Crippen molar-refractivity contribution in [3.63, 3.8) is 0 Å². The fraction of sp³-hybridized carbons (Fsp3) is 0.571. The Morgan fingerprint density at radius 2 is 2.11 bits per heavy atom. The summed E-state index contributed by atoms with van der Waals surface area (Å²) in [6.45, 7) is 1.53. The predicted molar refractivity (Wildman–Crippen MR) is 69.8 cm³/mol. The van der Waals surface area contributed by atoms with E-state index in [1.165, 1.54) is 0 Å². The lowest BCUT2D eigenvalue weighted by Crippen LogP contribution is -2.37. The molecule has 1 atom stereocenters. The highest BCUT2D eigenvalue weighted by molar-refractivity contribution is 5.47. The SMILES string of the molecule is CCCN(CC(F)(F)F)C1CCc2cc(N)ccc21. The number of halogens is 3. The maximum Gasteiger partial charge on any atom is 0.401 e. The van der Waals surface area contributed by atoms with Crippen LogP contribution in [0.1, 0.15) is 36.9 Å². The fourth-order valence-electron chi connectivity index (χ4n) is 2.86. The molecule has 0 aliphatic heterocycles. The molecule has 0 heterocycles. The van der Waals surface area contributed by atoms with Gasteiger partial charge in [0.15, 0.2) is 0 Å². The van der Waals surface area contributed by atoms with Crippen molar-refractivity contribution in [2.24, 2.45) is 0 Å². The van der Waals surface area contributed by atoms with E-state index in [9.17, 15) is 13.2 Å². The Morgan fingerprint density at radius 1 is 1.37 bits per heavy atom. The summed E-state index contributed by atoms with van der Waals surface area (Å²) in [5.41, 5.74) is 8.49. The van der Waals surface area contributed by atoms with Crippen molar-refractivity contribution in [1.29, 1.82) is 0 Å². The van der Waals surface area contributed by atoms with Crippen LogP contribution in [0.2, 0.25) is 0 Å². The summed E-state index contributed by atoms with van der Waals surface area (Å²) >= 11 is 0. The smallest absolute Gasteiger partial charge is 0.399 e. The van der Waals surface area contributed by atoms with Gasteiger partial charge in [-0.25, -0.2) is 0 Å². The molecule has 2 N–H and O–H groups in total. The summed E-state index contributed by atoms with van der Waals surface area (Å²) in [4.78, 5) is 1.54. The standard InChI is InChI=1S/C14H19F3N2/c1-2-7-19(9-14(15,16)17)13-6-3-10-8-11(18)4-5-12(10)13/h4-5,8,13H,2-3,6-7,9,18H2,1H3. The van der Waals surface area contributed by atoms with Crippen LogP contribution in [0.4, 0.5) is 18.9 Å². The van der Waals surface area contributed by atoms with Gasteiger partial charge in [0.25, 0.3) is 0 Å². The first-order valence-electron chi connectivity index (χ1n) is 6.60. The molecule has 0 fully saturated rings. The second-order valence-corrected chi connectivity index (χ2v) is 5.10. The second-order valence-electron chi connectivity index (χ2n) is 5.10. The van der Waals surface area contributed by atoms with E-state index in [-0.39, 0.29) is 6.04 Å². The molecule has 1 aromatic carbocycles. The van der Waals surface area contributed by atoms with E-state index in [0.29, 0.717) is 12.2 Å². The van der Waals surface area contributed by atoms with Gasteiger partial charge in [0.2, 0.25) is 0 Å². The molecule has 0 bridgehead atoms. The minimum Gasteiger partial charge on any atom is -0.399 e. The van der Waals surface area contributed by atoms with E-state index in [0.717, 1.165) is 30.4 Å². The van der Waals surface area contributed by atoms with Gasteiger partial charge in [0, 0.05) is 11.7 Å². The molecule has 0 spiro atoms. The van der Waals surface area contributed by atoms with Gasteiger partial charge in [-0.15, -0.1) is 0 Å². The lowest BCUT2D eigenvalue weighted by molar-refractivity contribution is -0.151. The highest BCUT2D eigenvalue weighted by Gasteiger charge is 2.36. The molecule has 1 aliphatic rings. The van der Waals surface area contributed by atoms with Gasteiger partial charge in [-0.1, -0.05) is 13.0 Å². The number of aryl methyl sites for hydroxylation is 1. The van der Waals surface area contributed by atoms with Crippen LogP contribution in [-0.2, 0) is 6.42 Å². The van der Waals surface area contributed by atoms with Crippen molar-refractivity contribution in [3.8, 4) is 0 Å². The van der Waals surface area contributed by atoms with E-state index in [1.807, 2.05) is 19.1 Å². The van der Waals surface area contributed by atoms with Crippen LogP contribution < -0.4 is 5.73 Å². The zero-order valence-electron chi connectivity index (χ0n) is 11.0. The van der Waals surface area contributed by atoms with Crippen LogP contribution in [0.25, 0.3) is 0 Å². The number of nitrogens with zero attached hydrogens (tertiary/aromatic N) is 1. The zero-order chi connectivity index (χ0) is 14.0. The topological polar surface area (TPSA) is 29.3 Å². The van der Waals surface area contributed by atoms with Crippen molar-refractivity contribution in [2.75, 3.05) is 18.8 Å². The number of nitrogens with two attached hydrogens (primary N) is 1. The molecule has 0 saturated heterocycles. The van der Waals surface area contributed by atoms with E-state index in [1.54, 1.807) is 11.0 Å². The van der Waals surface area contributed by atoms with E-state index < -0.39 is 12.7 Å². The van der Waals surface area contributed by atoms with E-state index in [2.05, 4.69) is 0 Å². The molecule has 1 unspecified atom stereocenters. The summed E-state index contributed by atoms with van der Waals surface area (Å²) < 4.78 is 38.0. The number of rotatable bonds is 4. The maximum absolute atomic E-state index is 12.7. The summed E-state index contributed by atoms with van der Waals surface area (Å²) in [6, 6.07) is 5.40. The third kappa shape index (κ3) is 3.41. The number of alkyl halides is 3. The van der Waals surface area contributed by atoms with Crippen LogP contribution in [-0.4, -0.2) is 24.2 Å². The molecule has 2 rings (SSSR count). The first kappa shape index (κ1) is 14.2. The Bertz CT molecular complexity index is 443. The van der Waals surface area contributed by atoms with Crippen molar-refractivity contribution in [3.05, 3.63) is 29.3 Å². The van der Waals surface area contributed by atoms with Crippen LogP contribution in [0.15, 0.2) is 18.2 Å². The quantitative estimate of drug-likeness (QED) is 0.850. The summed E-state index contributed by atoms with van der Waals surface area (Å²) in [5.74, 6) is 0. The summed E-state index contributed by atoms with van der Waals surface area (Å²) in [6.07, 6.45) is -1.87. The molecule has 0 aromatic heterocycles. The van der Waals surface area contributed by atoms with Crippen molar-refractivity contribution >= 4 is 5.69 Å². The Kier molecular flexibility index (Phi) is 4.04. The molecule has 0 saturated carbocycles. The number of anilines is 1. The minimum absolute atomic E-state index is 0.128. The largest absolute Gasteiger partial charge is 0.401 e. The third-order valence-electron chi connectivity index (χ3n) is 3.55. The first-order valence-corrected chi connectivity index (χ1v) is 6.60. The summed E-state index contributed by atoms with van der Waals surface area (Å²) in [7, 11) is 0. The highest BCUT2D eigenvalue weighted by Crippen LogP contribution is 2.38. The molecule has 2 nitrogen and oxygen atoms in total. The molecule has 0 radical (unpaired) electrons. The molecular weight excluding hydrogens is 253 g/mol. The number of nitrogen functional groups attached to an aromatic ring is 1. The van der Waals surface area contributed by atoms with Crippen LogP contribution in [0.5, 0.6) is 0 Å². The van der Waals surface area contributed by atoms with Crippen LogP contribution in [0, 0.1) is 0 Å². The first-order chi connectivity index (χ1) is 8.90. The Balaban J connectivity index is 2.21. The second kappa shape index (κ2) is 5.41. The van der Waals surface area contributed by atoms with Crippen LogP contribution >= 0.6 is 0 Å². The molecular formula is C14H19F3N2. The van der Waals surface area contributed by atoms with Gasteiger partial charge in [-0.05, 0) is 49.1 Å². The van der Waals surface area contributed by atoms with Gasteiger partial charge < -0.3 is 5.73 Å². The van der Waals surface area contributed by atoms with Crippen molar-refractivity contribution in [1.82, 2.24) is 4.90 Å². The predicted octanol–water partition coefficient (Wildman–Crippen LogP) is 3.53. The third-order valence-corrected chi connectivity index (χ3v) is 3.55. The van der Waals surface area contributed by atoms with Gasteiger partial charge >= 0.3 is 6.18 Å². The molecule has 0 amide bonds. The van der Waals surface area contributed by atoms with Crippen LogP contribution in [0.3, 0.4) is 0 Å². The van der Waals surface area contributed by atoms with E-state index >= 15 is 0 Å².